The van der Waals surface area contributed by atoms with E-state index in [1.807, 2.05) is 18.2 Å². The van der Waals surface area contributed by atoms with E-state index in [0.29, 0.717) is 12.2 Å². The second-order valence-corrected chi connectivity index (χ2v) is 6.90. The normalized spacial score (nSPS) is 17.0. The van der Waals surface area contributed by atoms with Crippen LogP contribution in [0.4, 0.5) is 0 Å². The maximum Gasteiger partial charge on any atom is 0.145 e. The third kappa shape index (κ3) is 2.27. The van der Waals surface area contributed by atoms with Crippen LogP contribution in [0.25, 0.3) is 21.5 Å². The van der Waals surface area contributed by atoms with Crippen LogP contribution in [0.1, 0.15) is 22.6 Å². The van der Waals surface area contributed by atoms with Crippen molar-refractivity contribution >= 4 is 27.3 Å². The van der Waals surface area contributed by atoms with E-state index < -0.39 is 0 Å². The summed E-state index contributed by atoms with van der Waals surface area (Å²) in [5, 5.41) is 5.00. The first-order valence-corrected chi connectivity index (χ1v) is 8.81. The second kappa shape index (κ2) is 5.56. The molecule has 4 aromatic carbocycles. The van der Waals surface area contributed by atoms with Crippen molar-refractivity contribution in [2.75, 3.05) is 0 Å². The fourth-order valence-corrected chi connectivity index (χ4v) is 4.22. The molecular formula is C24H18O. The highest BCUT2D eigenvalue weighted by Crippen LogP contribution is 2.36. The summed E-state index contributed by atoms with van der Waals surface area (Å²) in [6.07, 6.45) is 1.34. The molecular weight excluding hydrogens is 304 g/mol. The molecule has 0 radical (unpaired) electrons. The average molecular weight is 322 g/mol. The van der Waals surface area contributed by atoms with Gasteiger partial charge in [0.25, 0.3) is 0 Å². The van der Waals surface area contributed by atoms with E-state index in [0.717, 1.165) is 12.0 Å². The molecule has 0 spiro atoms. The zero-order valence-electron chi connectivity index (χ0n) is 13.9. The van der Waals surface area contributed by atoms with Gasteiger partial charge >= 0.3 is 0 Å². The molecule has 1 heteroatoms. The second-order valence-electron chi connectivity index (χ2n) is 6.90. The van der Waals surface area contributed by atoms with E-state index in [-0.39, 0.29) is 5.92 Å². The van der Waals surface area contributed by atoms with Gasteiger partial charge in [-0.1, -0.05) is 78.9 Å². The fourth-order valence-electron chi connectivity index (χ4n) is 4.22. The summed E-state index contributed by atoms with van der Waals surface area (Å²) in [6.45, 7) is 0. The molecule has 1 aliphatic carbocycles. The minimum atomic E-state index is -0.00777. The first-order chi connectivity index (χ1) is 12.3. The van der Waals surface area contributed by atoms with E-state index in [2.05, 4.69) is 60.7 Å². The largest absolute Gasteiger partial charge is 0.299 e. The van der Waals surface area contributed by atoms with Crippen LogP contribution in [0.3, 0.4) is 0 Å². The van der Waals surface area contributed by atoms with Gasteiger partial charge in [-0.15, -0.1) is 0 Å². The van der Waals surface area contributed by atoms with Crippen molar-refractivity contribution in [1.82, 2.24) is 0 Å². The molecule has 1 unspecified atom stereocenters. The van der Waals surface area contributed by atoms with Gasteiger partial charge in [0.05, 0.1) is 0 Å². The summed E-state index contributed by atoms with van der Waals surface area (Å²) in [6, 6.07) is 27.5. The monoisotopic (exact) mass is 322 g/mol. The topological polar surface area (TPSA) is 17.1 Å². The summed E-state index contributed by atoms with van der Waals surface area (Å²) >= 11 is 0. The maximum absolute atomic E-state index is 12.9. The van der Waals surface area contributed by atoms with E-state index in [9.17, 15) is 4.79 Å². The van der Waals surface area contributed by atoms with Crippen molar-refractivity contribution in [2.24, 2.45) is 0 Å². The fraction of sp³-hybridized carbons (Fsp3) is 0.125. The molecule has 0 aliphatic heterocycles. The van der Waals surface area contributed by atoms with Crippen molar-refractivity contribution in [3.8, 4) is 0 Å². The van der Waals surface area contributed by atoms with E-state index in [1.54, 1.807) is 0 Å². The molecule has 5 rings (SSSR count). The Morgan fingerprint density at radius 2 is 1.44 bits per heavy atom. The Bertz CT molecular complexity index is 1110. The molecule has 1 atom stereocenters. The highest BCUT2D eigenvalue weighted by molar-refractivity contribution is 6.10. The lowest BCUT2D eigenvalue weighted by molar-refractivity contribution is -0.120. The standard InChI is InChI=1S/C24H18O/c25-24-15-22-18(14-23(24)16-6-2-1-3-7-16)11-13-20-19-9-5-4-8-17(19)10-12-21(20)22/h1-13,23H,14-15H2. The predicted octanol–water partition coefficient (Wildman–Crippen LogP) is 5.44. The zero-order chi connectivity index (χ0) is 16.8. The summed E-state index contributed by atoms with van der Waals surface area (Å²) in [7, 11) is 0. The van der Waals surface area contributed by atoms with Crippen molar-refractivity contribution in [3.05, 3.63) is 95.6 Å². The third-order valence-electron chi connectivity index (χ3n) is 5.50. The Kier molecular flexibility index (Phi) is 3.21. The number of benzene rings is 4. The molecule has 0 fully saturated rings. The van der Waals surface area contributed by atoms with Crippen molar-refractivity contribution in [3.63, 3.8) is 0 Å². The van der Waals surface area contributed by atoms with Crippen LogP contribution in [-0.4, -0.2) is 5.78 Å². The van der Waals surface area contributed by atoms with Gasteiger partial charge in [-0.25, -0.2) is 0 Å². The van der Waals surface area contributed by atoms with Crippen LogP contribution in [0.15, 0.2) is 78.9 Å². The Morgan fingerprint density at radius 1 is 0.680 bits per heavy atom. The lowest BCUT2D eigenvalue weighted by atomic mass is 9.77. The quantitative estimate of drug-likeness (QED) is 0.426. The van der Waals surface area contributed by atoms with Crippen molar-refractivity contribution in [2.45, 2.75) is 18.8 Å². The summed E-state index contributed by atoms with van der Waals surface area (Å²) in [5.41, 5.74) is 3.67. The lowest BCUT2D eigenvalue weighted by Crippen LogP contribution is -2.23. The van der Waals surface area contributed by atoms with Gasteiger partial charge in [0, 0.05) is 12.3 Å². The number of carbonyl (C=O) groups is 1. The van der Waals surface area contributed by atoms with Crippen LogP contribution in [0.5, 0.6) is 0 Å². The highest BCUT2D eigenvalue weighted by atomic mass is 16.1. The minimum absolute atomic E-state index is 0.00777. The third-order valence-corrected chi connectivity index (χ3v) is 5.50. The molecule has 0 saturated heterocycles. The predicted molar refractivity (Wildman–Crippen MR) is 103 cm³/mol. The first kappa shape index (κ1) is 14.4. The number of fused-ring (bicyclic) bond motifs is 5. The number of hydrogen-bond acceptors (Lipinski definition) is 1. The van der Waals surface area contributed by atoms with Crippen molar-refractivity contribution < 1.29 is 4.79 Å². The lowest BCUT2D eigenvalue weighted by Gasteiger charge is -2.25. The molecule has 4 aromatic rings. The van der Waals surface area contributed by atoms with Gasteiger partial charge in [-0.05, 0) is 44.7 Å². The molecule has 0 bridgehead atoms. The molecule has 0 heterocycles. The molecule has 1 aliphatic rings. The van der Waals surface area contributed by atoms with Crippen LogP contribution in [0.2, 0.25) is 0 Å². The number of carbonyl (C=O) groups excluding carboxylic acids is 1. The molecule has 0 aromatic heterocycles. The Hall–Kier alpha value is -2.93. The molecule has 1 nitrogen and oxygen atoms in total. The molecule has 120 valence electrons. The van der Waals surface area contributed by atoms with Crippen molar-refractivity contribution in [1.29, 1.82) is 0 Å². The maximum atomic E-state index is 12.9. The van der Waals surface area contributed by atoms with E-state index in [1.165, 1.54) is 32.7 Å². The van der Waals surface area contributed by atoms with Gasteiger partial charge in [0.2, 0.25) is 0 Å². The minimum Gasteiger partial charge on any atom is -0.299 e. The number of rotatable bonds is 1. The number of Topliss-reactive ketones (excluding diaryl/α,β-unsaturated/α-hetero) is 1. The van der Waals surface area contributed by atoms with Crippen LogP contribution < -0.4 is 0 Å². The summed E-state index contributed by atoms with van der Waals surface area (Å²) in [5.74, 6) is 0.325. The van der Waals surface area contributed by atoms with Gasteiger partial charge in [0.15, 0.2) is 0 Å². The number of ketones is 1. The van der Waals surface area contributed by atoms with Gasteiger partial charge in [-0.3, -0.25) is 4.79 Å². The zero-order valence-corrected chi connectivity index (χ0v) is 13.9. The van der Waals surface area contributed by atoms with E-state index in [4.69, 9.17) is 0 Å². The first-order valence-electron chi connectivity index (χ1n) is 8.81. The van der Waals surface area contributed by atoms with Crippen LogP contribution in [0, 0.1) is 0 Å². The molecule has 25 heavy (non-hydrogen) atoms. The Morgan fingerprint density at radius 3 is 2.32 bits per heavy atom. The number of hydrogen-bond donors (Lipinski definition) is 0. The Balaban J connectivity index is 1.68. The Labute approximate surface area is 146 Å². The van der Waals surface area contributed by atoms with Crippen LogP contribution in [-0.2, 0) is 17.6 Å². The highest BCUT2D eigenvalue weighted by Gasteiger charge is 2.28. The van der Waals surface area contributed by atoms with Gasteiger partial charge < -0.3 is 0 Å². The molecule has 0 N–H and O–H groups in total. The van der Waals surface area contributed by atoms with E-state index >= 15 is 0 Å². The molecule has 0 saturated carbocycles. The van der Waals surface area contributed by atoms with Crippen LogP contribution >= 0.6 is 0 Å². The van der Waals surface area contributed by atoms with Gasteiger partial charge in [-0.2, -0.15) is 0 Å². The smallest absolute Gasteiger partial charge is 0.145 e. The average Bonchev–Trinajstić information content (AvgIpc) is 2.67. The summed E-state index contributed by atoms with van der Waals surface area (Å²) < 4.78 is 0. The van der Waals surface area contributed by atoms with Gasteiger partial charge in [0.1, 0.15) is 5.78 Å². The summed E-state index contributed by atoms with van der Waals surface area (Å²) in [4.78, 5) is 12.9. The SMILES string of the molecule is O=C1Cc2c(ccc3c2ccc2ccccc23)CC1c1ccccc1. The molecule has 0 amide bonds.